The average molecular weight is 395 g/mol. The van der Waals surface area contributed by atoms with Crippen molar-refractivity contribution in [2.24, 2.45) is 0 Å². The molecule has 0 unspecified atom stereocenters. The summed E-state index contributed by atoms with van der Waals surface area (Å²) in [7, 11) is 0. The van der Waals surface area contributed by atoms with Crippen molar-refractivity contribution in [2.75, 3.05) is 5.32 Å². The van der Waals surface area contributed by atoms with E-state index in [1.54, 1.807) is 45.0 Å². The first kappa shape index (κ1) is 18.4. The van der Waals surface area contributed by atoms with Crippen LogP contribution in [-0.2, 0) is 4.74 Å². The lowest BCUT2D eigenvalue weighted by Crippen LogP contribution is -2.27. The molecule has 8 heteroatoms. The lowest BCUT2D eigenvalue weighted by atomic mass is 10.2. The zero-order chi connectivity index (χ0) is 18.9. The van der Waals surface area contributed by atoms with Gasteiger partial charge in [-0.25, -0.2) is 14.2 Å². The topological polar surface area (TPSA) is 60.5 Å². The molecular formula is C18H16ClFN2O3S. The van der Waals surface area contributed by atoms with Crippen LogP contribution >= 0.6 is 22.9 Å². The first-order chi connectivity index (χ1) is 12.2. The molecule has 2 aromatic carbocycles. The Morgan fingerprint density at radius 1 is 1.23 bits per heavy atom. The van der Waals surface area contributed by atoms with Crippen molar-refractivity contribution in [3.8, 4) is 10.9 Å². The fourth-order valence-corrected chi connectivity index (χ4v) is 3.22. The van der Waals surface area contributed by atoms with E-state index in [1.807, 2.05) is 0 Å². The van der Waals surface area contributed by atoms with Gasteiger partial charge >= 0.3 is 6.09 Å². The second kappa shape index (κ2) is 7.09. The Hall–Kier alpha value is -2.38. The highest BCUT2D eigenvalue weighted by atomic mass is 35.5. The summed E-state index contributed by atoms with van der Waals surface area (Å²) >= 11 is 7.30. The van der Waals surface area contributed by atoms with Crippen LogP contribution in [0.2, 0.25) is 5.02 Å². The molecule has 0 spiro atoms. The number of nitrogens with one attached hydrogen (secondary N) is 1. The van der Waals surface area contributed by atoms with Crippen LogP contribution in [0.25, 0.3) is 10.2 Å². The highest BCUT2D eigenvalue weighted by Crippen LogP contribution is 2.34. The van der Waals surface area contributed by atoms with Crippen LogP contribution in [0.5, 0.6) is 10.9 Å². The molecular weight excluding hydrogens is 379 g/mol. The van der Waals surface area contributed by atoms with Gasteiger partial charge in [-0.3, -0.25) is 5.32 Å². The highest BCUT2D eigenvalue weighted by Gasteiger charge is 2.17. The molecule has 1 aromatic heterocycles. The zero-order valence-electron chi connectivity index (χ0n) is 14.3. The maximum Gasteiger partial charge on any atom is 0.412 e. The summed E-state index contributed by atoms with van der Waals surface area (Å²) in [6.45, 7) is 5.32. The third kappa shape index (κ3) is 4.83. The SMILES string of the molecule is CC(C)(C)OC(=O)Nc1cc(Cl)cc(Oc2nc3ccc(F)cc3s2)c1. The predicted molar refractivity (Wildman–Crippen MR) is 101 cm³/mol. The Morgan fingerprint density at radius 2 is 2.00 bits per heavy atom. The van der Waals surface area contributed by atoms with Gasteiger partial charge in [-0.1, -0.05) is 22.9 Å². The first-order valence-electron chi connectivity index (χ1n) is 7.72. The maximum absolute atomic E-state index is 13.3. The molecule has 5 nitrogen and oxygen atoms in total. The minimum Gasteiger partial charge on any atom is -0.444 e. The molecule has 26 heavy (non-hydrogen) atoms. The van der Waals surface area contributed by atoms with Gasteiger partial charge in [0, 0.05) is 16.8 Å². The Bertz CT molecular complexity index is 969. The maximum atomic E-state index is 13.3. The Labute approximate surface area is 158 Å². The third-order valence-corrected chi connectivity index (χ3v) is 4.17. The van der Waals surface area contributed by atoms with E-state index in [0.717, 1.165) is 0 Å². The number of thiazole rings is 1. The van der Waals surface area contributed by atoms with Crippen LogP contribution in [0, 0.1) is 5.82 Å². The van der Waals surface area contributed by atoms with Gasteiger partial charge in [0.25, 0.3) is 5.19 Å². The summed E-state index contributed by atoms with van der Waals surface area (Å²) in [4.78, 5) is 16.2. The molecule has 136 valence electrons. The van der Waals surface area contributed by atoms with Crippen molar-refractivity contribution >= 4 is 44.9 Å². The summed E-state index contributed by atoms with van der Waals surface area (Å²) in [6.07, 6.45) is -0.596. The van der Waals surface area contributed by atoms with E-state index < -0.39 is 11.7 Å². The normalized spacial score (nSPS) is 11.4. The quantitative estimate of drug-likeness (QED) is 0.572. The largest absolute Gasteiger partial charge is 0.444 e. The van der Waals surface area contributed by atoms with Crippen molar-refractivity contribution in [3.63, 3.8) is 0 Å². The van der Waals surface area contributed by atoms with E-state index in [4.69, 9.17) is 21.1 Å². The highest BCUT2D eigenvalue weighted by molar-refractivity contribution is 7.20. The summed E-state index contributed by atoms with van der Waals surface area (Å²) in [5, 5.41) is 3.33. The van der Waals surface area contributed by atoms with E-state index in [9.17, 15) is 9.18 Å². The number of halogens is 2. The number of amides is 1. The van der Waals surface area contributed by atoms with Crippen molar-refractivity contribution in [1.82, 2.24) is 4.98 Å². The Morgan fingerprint density at radius 3 is 2.73 bits per heavy atom. The van der Waals surface area contributed by atoms with Crippen LogP contribution in [0.3, 0.4) is 0 Å². The molecule has 0 aliphatic carbocycles. The molecule has 1 amide bonds. The van der Waals surface area contributed by atoms with E-state index in [2.05, 4.69) is 10.3 Å². The Balaban J connectivity index is 1.79. The van der Waals surface area contributed by atoms with E-state index >= 15 is 0 Å². The lowest BCUT2D eigenvalue weighted by molar-refractivity contribution is 0.0636. The van der Waals surface area contributed by atoms with Crippen molar-refractivity contribution in [2.45, 2.75) is 26.4 Å². The van der Waals surface area contributed by atoms with Gasteiger partial charge in [0.1, 0.15) is 17.2 Å². The number of anilines is 1. The lowest BCUT2D eigenvalue weighted by Gasteiger charge is -2.19. The van der Waals surface area contributed by atoms with Gasteiger partial charge in [-0.15, -0.1) is 0 Å². The smallest absolute Gasteiger partial charge is 0.412 e. The number of benzene rings is 2. The predicted octanol–water partition coefficient (Wildman–Crippen LogP) is 6.23. The molecule has 0 aliphatic heterocycles. The molecule has 0 atom stereocenters. The number of fused-ring (bicyclic) bond motifs is 1. The second-order valence-corrected chi connectivity index (χ2v) is 7.93. The minimum absolute atomic E-state index is 0.334. The van der Waals surface area contributed by atoms with Gasteiger partial charge in [0.15, 0.2) is 0 Å². The van der Waals surface area contributed by atoms with Crippen LogP contribution < -0.4 is 10.1 Å². The van der Waals surface area contributed by atoms with Crippen molar-refractivity contribution < 1.29 is 18.7 Å². The summed E-state index contributed by atoms with van der Waals surface area (Å²) in [5.41, 5.74) is 0.451. The Kier molecular flexibility index (Phi) is 5.02. The molecule has 1 heterocycles. The standard InChI is InChI=1S/C18H16ClFN2O3S/c1-18(2,3)25-16(23)21-12-6-10(19)7-13(9-12)24-17-22-14-5-4-11(20)8-15(14)26-17/h4-9H,1-3H3,(H,21,23). The molecule has 0 bridgehead atoms. The number of rotatable bonds is 3. The number of nitrogens with zero attached hydrogens (tertiary/aromatic N) is 1. The van der Waals surface area contributed by atoms with Crippen LogP contribution in [0.1, 0.15) is 20.8 Å². The number of ether oxygens (including phenoxy) is 2. The third-order valence-electron chi connectivity index (χ3n) is 3.05. The number of carbonyl (C=O) groups is 1. The van der Waals surface area contributed by atoms with Gasteiger partial charge in [-0.2, -0.15) is 0 Å². The molecule has 0 aliphatic rings. The molecule has 3 aromatic rings. The van der Waals surface area contributed by atoms with E-state index in [0.29, 0.717) is 31.9 Å². The summed E-state index contributed by atoms with van der Waals surface area (Å²) in [5.74, 6) is 0.0578. The number of carbonyl (C=O) groups excluding carboxylic acids is 1. The van der Waals surface area contributed by atoms with Gasteiger partial charge in [0.2, 0.25) is 0 Å². The van der Waals surface area contributed by atoms with Crippen molar-refractivity contribution in [3.05, 3.63) is 47.2 Å². The van der Waals surface area contributed by atoms with Crippen molar-refractivity contribution in [1.29, 1.82) is 0 Å². The minimum atomic E-state index is -0.613. The number of hydrogen-bond donors (Lipinski definition) is 1. The molecule has 3 rings (SSSR count). The summed E-state index contributed by atoms with van der Waals surface area (Å²) < 4.78 is 24.9. The fourth-order valence-electron chi connectivity index (χ4n) is 2.14. The summed E-state index contributed by atoms with van der Waals surface area (Å²) in [6, 6.07) is 9.09. The van der Waals surface area contributed by atoms with Gasteiger partial charge in [-0.05, 0) is 51.1 Å². The van der Waals surface area contributed by atoms with Crippen LogP contribution in [0.15, 0.2) is 36.4 Å². The molecule has 0 radical (unpaired) electrons. The zero-order valence-corrected chi connectivity index (χ0v) is 15.9. The van der Waals surface area contributed by atoms with Crippen LogP contribution in [0.4, 0.5) is 14.9 Å². The molecule has 0 saturated carbocycles. The average Bonchev–Trinajstić information content (AvgIpc) is 2.85. The van der Waals surface area contributed by atoms with E-state index in [1.165, 1.54) is 23.5 Å². The number of aromatic nitrogens is 1. The molecule has 0 saturated heterocycles. The number of hydrogen-bond acceptors (Lipinski definition) is 5. The molecule has 0 fully saturated rings. The molecule has 1 N–H and O–H groups in total. The van der Waals surface area contributed by atoms with Gasteiger partial charge < -0.3 is 9.47 Å². The van der Waals surface area contributed by atoms with E-state index in [-0.39, 0.29) is 5.82 Å². The second-order valence-electron chi connectivity index (χ2n) is 6.50. The fraction of sp³-hybridized carbons (Fsp3) is 0.222. The first-order valence-corrected chi connectivity index (χ1v) is 8.92. The monoisotopic (exact) mass is 394 g/mol. The van der Waals surface area contributed by atoms with Gasteiger partial charge in [0.05, 0.1) is 10.2 Å². The van der Waals surface area contributed by atoms with Crippen LogP contribution in [-0.4, -0.2) is 16.7 Å².